The third kappa shape index (κ3) is 5.13. The molecule has 0 unspecified atom stereocenters. The van der Waals surface area contributed by atoms with Crippen molar-refractivity contribution in [3.63, 3.8) is 0 Å². The summed E-state index contributed by atoms with van der Waals surface area (Å²) in [7, 11) is 1.90. The van der Waals surface area contributed by atoms with E-state index in [4.69, 9.17) is 0 Å². The van der Waals surface area contributed by atoms with Gasteiger partial charge in [0.2, 0.25) is 0 Å². The lowest BCUT2D eigenvalue weighted by atomic mass is 9.79. The second-order valence-electron chi connectivity index (χ2n) is 10.3. The number of hydrogen-bond acceptors (Lipinski definition) is 4. The van der Waals surface area contributed by atoms with E-state index in [-0.39, 0.29) is 6.54 Å². The van der Waals surface area contributed by atoms with Gasteiger partial charge in [-0.15, -0.1) is 10.2 Å². The van der Waals surface area contributed by atoms with Gasteiger partial charge in [0.1, 0.15) is 17.2 Å². The fourth-order valence-corrected chi connectivity index (χ4v) is 5.89. The first-order valence-corrected chi connectivity index (χ1v) is 13.0. The van der Waals surface area contributed by atoms with Crippen LogP contribution in [0.1, 0.15) is 98.4 Å². The number of aromatic nitrogens is 6. The fourth-order valence-electron chi connectivity index (χ4n) is 5.89. The van der Waals surface area contributed by atoms with E-state index in [0.717, 1.165) is 42.1 Å². The van der Waals surface area contributed by atoms with E-state index in [9.17, 15) is 18.0 Å². The van der Waals surface area contributed by atoms with Crippen LogP contribution in [0, 0.1) is 0 Å². The van der Waals surface area contributed by atoms with Crippen molar-refractivity contribution in [2.24, 2.45) is 7.05 Å². The van der Waals surface area contributed by atoms with E-state index in [1.807, 2.05) is 11.6 Å². The Morgan fingerprint density at radius 3 is 2.44 bits per heavy atom. The lowest BCUT2D eigenvalue weighted by Gasteiger charge is -2.27. The van der Waals surface area contributed by atoms with Gasteiger partial charge in [0.25, 0.3) is 5.56 Å². The number of aryl methyl sites for hydroxylation is 2. The maximum Gasteiger partial charge on any atom is 0.421 e. The Bertz CT molecular complexity index is 1230. The van der Waals surface area contributed by atoms with Crippen LogP contribution < -0.4 is 5.56 Å². The molecular weight excluding hydrogens is 469 g/mol. The monoisotopic (exact) mass is 502 g/mol. The highest BCUT2D eigenvalue weighted by Gasteiger charge is 2.34. The van der Waals surface area contributed by atoms with Gasteiger partial charge in [0.05, 0.1) is 12.2 Å². The SMILES string of the molecule is Cn1c(CCn2cccc(C(F)(F)F)c2=O)nnc1C1CCC(c2cnn(C3CCCCC3)c2)CC1. The predicted octanol–water partition coefficient (Wildman–Crippen LogP) is 5.38. The second kappa shape index (κ2) is 10.2. The first kappa shape index (κ1) is 24.8. The molecule has 0 bridgehead atoms. The van der Waals surface area contributed by atoms with Crippen LogP contribution in [-0.2, 0) is 26.2 Å². The summed E-state index contributed by atoms with van der Waals surface area (Å²) in [4.78, 5) is 12.2. The minimum atomic E-state index is -4.66. The van der Waals surface area contributed by atoms with Crippen LogP contribution in [0.15, 0.2) is 35.5 Å². The molecule has 0 radical (unpaired) electrons. The van der Waals surface area contributed by atoms with Gasteiger partial charge in [-0.2, -0.15) is 18.3 Å². The van der Waals surface area contributed by atoms with Crippen LogP contribution in [0.25, 0.3) is 0 Å². The molecule has 3 heterocycles. The van der Waals surface area contributed by atoms with Crippen LogP contribution >= 0.6 is 0 Å². The van der Waals surface area contributed by atoms with Gasteiger partial charge in [0.15, 0.2) is 0 Å². The molecule has 0 amide bonds. The molecule has 2 aliphatic rings. The first-order chi connectivity index (χ1) is 17.3. The van der Waals surface area contributed by atoms with Gasteiger partial charge < -0.3 is 9.13 Å². The highest BCUT2D eigenvalue weighted by molar-refractivity contribution is 5.16. The van der Waals surface area contributed by atoms with E-state index in [1.54, 1.807) is 0 Å². The molecule has 36 heavy (non-hydrogen) atoms. The number of hydrogen-bond donors (Lipinski definition) is 0. The number of nitrogens with zero attached hydrogens (tertiary/aromatic N) is 6. The second-order valence-corrected chi connectivity index (χ2v) is 10.3. The largest absolute Gasteiger partial charge is 0.421 e. The van der Waals surface area contributed by atoms with Gasteiger partial charge in [-0.25, -0.2) is 0 Å². The highest BCUT2D eigenvalue weighted by atomic mass is 19.4. The Morgan fingerprint density at radius 2 is 1.72 bits per heavy atom. The van der Waals surface area contributed by atoms with Crippen molar-refractivity contribution in [2.45, 2.75) is 94.8 Å². The Balaban J connectivity index is 1.19. The Hall–Kier alpha value is -2.91. The number of halogens is 3. The zero-order chi connectivity index (χ0) is 25.3. The number of alkyl halides is 3. The summed E-state index contributed by atoms with van der Waals surface area (Å²) in [6.45, 7) is 0.118. The smallest absolute Gasteiger partial charge is 0.318 e. The fraction of sp³-hybridized carbons (Fsp3) is 0.615. The van der Waals surface area contributed by atoms with E-state index in [1.165, 1.54) is 49.9 Å². The summed E-state index contributed by atoms with van der Waals surface area (Å²) >= 11 is 0. The van der Waals surface area contributed by atoms with Crippen molar-refractivity contribution in [1.82, 2.24) is 29.1 Å². The van der Waals surface area contributed by atoms with Crippen LogP contribution in [0.4, 0.5) is 13.2 Å². The molecule has 3 aromatic heterocycles. The Kier molecular flexibility index (Phi) is 7.03. The minimum Gasteiger partial charge on any atom is -0.318 e. The average Bonchev–Trinajstić information content (AvgIpc) is 3.51. The zero-order valence-corrected chi connectivity index (χ0v) is 20.6. The van der Waals surface area contributed by atoms with Crippen molar-refractivity contribution < 1.29 is 13.2 Å². The quantitative estimate of drug-likeness (QED) is 0.454. The molecule has 2 aliphatic carbocycles. The van der Waals surface area contributed by atoms with Crippen molar-refractivity contribution in [2.75, 3.05) is 0 Å². The van der Waals surface area contributed by atoms with Crippen LogP contribution in [0.5, 0.6) is 0 Å². The molecule has 0 N–H and O–H groups in total. The predicted molar refractivity (Wildman–Crippen MR) is 129 cm³/mol. The molecule has 2 saturated carbocycles. The molecule has 0 saturated heterocycles. The molecule has 194 valence electrons. The van der Waals surface area contributed by atoms with Gasteiger partial charge in [0, 0.05) is 38.3 Å². The summed E-state index contributed by atoms with van der Waals surface area (Å²) in [5, 5.41) is 13.4. The van der Waals surface area contributed by atoms with Gasteiger partial charge in [-0.3, -0.25) is 9.48 Å². The molecule has 0 aromatic carbocycles. The van der Waals surface area contributed by atoms with E-state index < -0.39 is 17.3 Å². The lowest BCUT2D eigenvalue weighted by Crippen LogP contribution is -2.28. The molecule has 0 atom stereocenters. The number of pyridine rings is 1. The summed E-state index contributed by atoms with van der Waals surface area (Å²) < 4.78 is 44.4. The highest BCUT2D eigenvalue weighted by Crippen LogP contribution is 2.40. The van der Waals surface area contributed by atoms with Crippen molar-refractivity contribution in [3.05, 3.63) is 63.9 Å². The van der Waals surface area contributed by atoms with E-state index >= 15 is 0 Å². The molecule has 5 rings (SSSR count). The Morgan fingerprint density at radius 1 is 1.00 bits per heavy atom. The summed E-state index contributed by atoms with van der Waals surface area (Å²) in [6, 6.07) is 2.62. The molecule has 0 aliphatic heterocycles. The van der Waals surface area contributed by atoms with E-state index in [2.05, 4.69) is 32.4 Å². The third-order valence-electron chi connectivity index (χ3n) is 8.03. The summed E-state index contributed by atoms with van der Waals surface area (Å²) in [5.74, 6) is 2.40. The summed E-state index contributed by atoms with van der Waals surface area (Å²) in [6.07, 6.45) is 11.9. The van der Waals surface area contributed by atoms with Crippen molar-refractivity contribution in [3.8, 4) is 0 Å². The van der Waals surface area contributed by atoms with Crippen molar-refractivity contribution in [1.29, 1.82) is 0 Å². The van der Waals surface area contributed by atoms with Crippen molar-refractivity contribution >= 4 is 0 Å². The van der Waals surface area contributed by atoms with Crippen LogP contribution in [0.2, 0.25) is 0 Å². The molecule has 0 spiro atoms. The topological polar surface area (TPSA) is 70.5 Å². The Labute approximate surface area is 208 Å². The maximum absolute atomic E-state index is 13.0. The maximum atomic E-state index is 13.0. The molecule has 10 heteroatoms. The molecule has 2 fully saturated rings. The third-order valence-corrected chi connectivity index (χ3v) is 8.03. The van der Waals surface area contributed by atoms with Crippen LogP contribution in [0.3, 0.4) is 0 Å². The van der Waals surface area contributed by atoms with Crippen LogP contribution in [-0.4, -0.2) is 29.1 Å². The molecule has 3 aromatic rings. The van der Waals surface area contributed by atoms with Gasteiger partial charge in [-0.1, -0.05) is 19.3 Å². The number of rotatable bonds is 6. The normalized spacial score (nSPS) is 21.7. The lowest BCUT2D eigenvalue weighted by molar-refractivity contribution is -0.139. The van der Waals surface area contributed by atoms with Gasteiger partial charge in [-0.05, 0) is 62.1 Å². The minimum absolute atomic E-state index is 0.118. The molecule has 7 nitrogen and oxygen atoms in total. The molecular formula is C26H33F3N6O. The van der Waals surface area contributed by atoms with Gasteiger partial charge >= 0.3 is 6.18 Å². The first-order valence-electron chi connectivity index (χ1n) is 13.0. The standard InChI is InChI=1S/C26H33F3N6O/c1-33-23(13-15-34-14-5-8-22(25(34)36)26(27,28)29)31-32-24(33)19-11-9-18(10-12-19)20-16-30-35(17-20)21-6-3-2-4-7-21/h5,8,14,16-19,21H,2-4,6-7,9-13,15H2,1H3. The van der Waals surface area contributed by atoms with E-state index in [0.29, 0.717) is 30.1 Å². The average molecular weight is 503 g/mol. The zero-order valence-electron chi connectivity index (χ0n) is 20.6. The summed E-state index contributed by atoms with van der Waals surface area (Å²) in [5.41, 5.74) is -0.841.